The van der Waals surface area contributed by atoms with Gasteiger partial charge in [-0.1, -0.05) is 38.5 Å². The van der Waals surface area contributed by atoms with Gasteiger partial charge in [0.05, 0.1) is 19.3 Å². The summed E-state index contributed by atoms with van der Waals surface area (Å²) >= 11 is 0. The van der Waals surface area contributed by atoms with Gasteiger partial charge in [-0.3, -0.25) is 4.90 Å². The summed E-state index contributed by atoms with van der Waals surface area (Å²) in [7, 11) is 0. The Kier molecular flexibility index (Phi) is 5.93. The second-order valence-electron chi connectivity index (χ2n) is 6.05. The maximum atomic E-state index is 9.56. The van der Waals surface area contributed by atoms with Crippen molar-refractivity contribution in [2.24, 2.45) is 0 Å². The molecule has 2 aliphatic rings. The number of aliphatic hydroxyl groups is 2. The lowest BCUT2D eigenvalue weighted by Gasteiger charge is -2.45. The van der Waals surface area contributed by atoms with Crippen LogP contribution in [0.3, 0.4) is 0 Å². The van der Waals surface area contributed by atoms with Gasteiger partial charge in [0.1, 0.15) is 0 Å². The maximum absolute atomic E-state index is 9.56. The van der Waals surface area contributed by atoms with Crippen LogP contribution in [0.2, 0.25) is 0 Å². The Balaban J connectivity index is 2.04. The predicted octanol–water partition coefficient (Wildman–Crippen LogP) is 2.31. The molecule has 2 aliphatic carbocycles. The molecule has 3 nitrogen and oxygen atoms in total. The molecule has 0 aromatic carbocycles. The van der Waals surface area contributed by atoms with Crippen molar-refractivity contribution in [3.05, 3.63) is 0 Å². The van der Waals surface area contributed by atoms with Crippen LogP contribution < -0.4 is 0 Å². The highest BCUT2D eigenvalue weighted by Crippen LogP contribution is 2.31. The lowest BCUT2D eigenvalue weighted by Crippen LogP contribution is -2.53. The van der Waals surface area contributed by atoms with Crippen molar-refractivity contribution in [3.8, 4) is 0 Å². The summed E-state index contributed by atoms with van der Waals surface area (Å²) in [5.41, 5.74) is 0. The quantitative estimate of drug-likeness (QED) is 0.792. The summed E-state index contributed by atoms with van der Waals surface area (Å²) in [6.07, 6.45) is 13.0. The molecular weight excluding hydrogens is 226 g/mol. The van der Waals surface area contributed by atoms with Crippen molar-refractivity contribution < 1.29 is 10.2 Å². The number of rotatable bonds is 5. The molecule has 0 spiro atoms. The summed E-state index contributed by atoms with van der Waals surface area (Å²) in [6, 6.07) is 1.17. The zero-order chi connectivity index (χ0) is 12.8. The second-order valence-corrected chi connectivity index (χ2v) is 6.05. The zero-order valence-electron chi connectivity index (χ0n) is 11.6. The molecule has 18 heavy (non-hydrogen) atoms. The third-order valence-electron chi connectivity index (χ3n) is 4.84. The molecule has 0 aromatic heterocycles. The molecule has 0 radical (unpaired) electrons. The lowest BCUT2D eigenvalue weighted by atomic mass is 9.87. The van der Waals surface area contributed by atoms with Crippen LogP contribution in [0.15, 0.2) is 0 Å². The second kappa shape index (κ2) is 7.46. The van der Waals surface area contributed by atoms with Gasteiger partial charge >= 0.3 is 0 Å². The van der Waals surface area contributed by atoms with Gasteiger partial charge in [-0.25, -0.2) is 0 Å². The van der Waals surface area contributed by atoms with Crippen LogP contribution in [0.1, 0.15) is 64.2 Å². The molecular formula is C15H29NO2. The third-order valence-corrected chi connectivity index (χ3v) is 4.84. The number of nitrogens with zero attached hydrogens (tertiary/aromatic N) is 1. The van der Waals surface area contributed by atoms with Gasteiger partial charge < -0.3 is 10.2 Å². The molecule has 0 aliphatic heterocycles. The van der Waals surface area contributed by atoms with E-state index in [4.69, 9.17) is 0 Å². The van der Waals surface area contributed by atoms with Gasteiger partial charge in [0.15, 0.2) is 0 Å². The van der Waals surface area contributed by atoms with Crippen molar-refractivity contribution in [3.63, 3.8) is 0 Å². The van der Waals surface area contributed by atoms with Crippen molar-refractivity contribution in [1.82, 2.24) is 4.90 Å². The summed E-state index contributed by atoms with van der Waals surface area (Å²) in [5.74, 6) is 0. The Morgan fingerprint density at radius 2 is 1.11 bits per heavy atom. The summed E-state index contributed by atoms with van der Waals surface area (Å²) in [6.45, 7) is 0.201. The van der Waals surface area contributed by atoms with E-state index < -0.39 is 0 Å². The molecule has 106 valence electrons. The van der Waals surface area contributed by atoms with Crippen LogP contribution in [0.5, 0.6) is 0 Å². The van der Waals surface area contributed by atoms with E-state index in [2.05, 4.69) is 4.90 Å². The molecule has 0 aromatic rings. The van der Waals surface area contributed by atoms with E-state index in [1.807, 2.05) is 0 Å². The Hall–Kier alpha value is -0.120. The van der Waals surface area contributed by atoms with Gasteiger partial charge in [-0.05, 0) is 25.7 Å². The zero-order valence-corrected chi connectivity index (χ0v) is 11.6. The minimum atomic E-state index is -0.0313. The molecule has 0 heterocycles. The van der Waals surface area contributed by atoms with E-state index in [1.165, 1.54) is 64.2 Å². The first kappa shape index (κ1) is 14.3. The molecule has 2 rings (SSSR count). The van der Waals surface area contributed by atoms with Gasteiger partial charge in [0, 0.05) is 12.1 Å². The lowest BCUT2D eigenvalue weighted by molar-refractivity contribution is -0.0110. The minimum absolute atomic E-state index is 0.0313. The van der Waals surface area contributed by atoms with Gasteiger partial charge in [0.2, 0.25) is 0 Å². The average molecular weight is 255 g/mol. The first-order chi connectivity index (χ1) is 8.86. The summed E-state index contributed by atoms with van der Waals surface area (Å²) in [4.78, 5) is 2.50. The third kappa shape index (κ3) is 3.46. The maximum Gasteiger partial charge on any atom is 0.0609 e. The average Bonchev–Trinajstić information content (AvgIpc) is 2.46. The molecule has 0 amide bonds. The number of hydrogen-bond donors (Lipinski definition) is 2. The largest absolute Gasteiger partial charge is 0.395 e. The Bertz CT molecular complexity index is 201. The molecule has 0 atom stereocenters. The van der Waals surface area contributed by atoms with E-state index in [0.717, 1.165) is 0 Å². The van der Waals surface area contributed by atoms with Crippen LogP contribution in [0.25, 0.3) is 0 Å². The first-order valence-electron chi connectivity index (χ1n) is 7.86. The van der Waals surface area contributed by atoms with Gasteiger partial charge in [-0.2, -0.15) is 0 Å². The highest BCUT2D eigenvalue weighted by molar-refractivity contribution is 4.88. The first-order valence-corrected chi connectivity index (χ1v) is 7.86. The van der Waals surface area contributed by atoms with Crippen LogP contribution in [0, 0.1) is 0 Å². The Morgan fingerprint density at radius 3 is 1.44 bits per heavy atom. The van der Waals surface area contributed by atoms with E-state index in [0.29, 0.717) is 12.1 Å². The van der Waals surface area contributed by atoms with Crippen molar-refractivity contribution in [1.29, 1.82) is 0 Å². The molecule has 3 heteroatoms. The van der Waals surface area contributed by atoms with Crippen LogP contribution in [-0.2, 0) is 0 Å². The molecule has 0 unspecified atom stereocenters. The van der Waals surface area contributed by atoms with Gasteiger partial charge in [-0.15, -0.1) is 0 Å². The smallest absolute Gasteiger partial charge is 0.0609 e. The Labute approximate surface area is 111 Å². The monoisotopic (exact) mass is 255 g/mol. The van der Waals surface area contributed by atoms with Crippen LogP contribution in [0.4, 0.5) is 0 Å². The predicted molar refractivity (Wildman–Crippen MR) is 73.5 cm³/mol. The minimum Gasteiger partial charge on any atom is -0.395 e. The molecule has 2 fully saturated rings. The van der Waals surface area contributed by atoms with Crippen LogP contribution in [-0.4, -0.2) is 46.5 Å². The van der Waals surface area contributed by atoms with Crippen molar-refractivity contribution in [2.75, 3.05) is 13.2 Å². The molecule has 2 saturated carbocycles. The normalized spacial score (nSPS) is 24.0. The molecule has 2 N–H and O–H groups in total. The highest BCUT2D eigenvalue weighted by atomic mass is 16.3. The van der Waals surface area contributed by atoms with E-state index >= 15 is 0 Å². The number of aliphatic hydroxyl groups excluding tert-OH is 2. The van der Waals surface area contributed by atoms with Gasteiger partial charge in [0.25, 0.3) is 0 Å². The van der Waals surface area contributed by atoms with Crippen molar-refractivity contribution >= 4 is 0 Å². The molecule has 0 saturated heterocycles. The van der Waals surface area contributed by atoms with E-state index in [-0.39, 0.29) is 19.3 Å². The fraction of sp³-hybridized carbons (Fsp3) is 1.00. The number of hydrogen-bond acceptors (Lipinski definition) is 3. The van der Waals surface area contributed by atoms with Crippen molar-refractivity contribution in [2.45, 2.75) is 82.3 Å². The summed E-state index contributed by atoms with van der Waals surface area (Å²) < 4.78 is 0. The summed E-state index contributed by atoms with van der Waals surface area (Å²) in [5, 5.41) is 19.1. The standard InChI is InChI=1S/C15H29NO2/c17-11-15(12-18)16(13-7-3-1-4-8-13)14-9-5-2-6-10-14/h13-15,17-18H,1-12H2. The van der Waals surface area contributed by atoms with E-state index in [9.17, 15) is 10.2 Å². The fourth-order valence-electron chi connectivity index (χ4n) is 3.90. The Morgan fingerprint density at radius 1 is 0.722 bits per heavy atom. The van der Waals surface area contributed by atoms with Crippen LogP contribution >= 0.6 is 0 Å². The fourth-order valence-corrected chi connectivity index (χ4v) is 3.90. The SMILES string of the molecule is OCC(CO)N(C1CCCCC1)C1CCCCC1. The topological polar surface area (TPSA) is 43.7 Å². The molecule has 0 bridgehead atoms. The highest BCUT2D eigenvalue weighted by Gasteiger charge is 2.33. The van der Waals surface area contributed by atoms with E-state index in [1.54, 1.807) is 0 Å².